The average Bonchev–Trinajstić information content (AvgIpc) is 2.70. The van der Waals surface area contributed by atoms with Crippen molar-refractivity contribution in [3.8, 4) is 0 Å². The molecule has 0 fully saturated rings. The van der Waals surface area contributed by atoms with Crippen molar-refractivity contribution in [1.29, 1.82) is 0 Å². The molecule has 1 atom stereocenters. The lowest BCUT2D eigenvalue weighted by Gasteiger charge is -2.30. The fourth-order valence-electron chi connectivity index (χ4n) is 2.84. The minimum Gasteiger partial charge on any atom is -0.317 e. The number of hydrogen-bond acceptors (Lipinski definition) is 2. The third-order valence-corrected chi connectivity index (χ3v) is 6.66. The Bertz CT molecular complexity index is 870. The molecule has 0 saturated carbocycles. The topological polar surface area (TPSA) is 29.5 Å². The molecule has 0 aliphatic carbocycles. The minimum absolute atomic E-state index is 0.290. The molecule has 0 aromatic heterocycles. The summed E-state index contributed by atoms with van der Waals surface area (Å²) in [6.07, 6.45) is 0. The normalized spacial score (nSPS) is 13.5. The molecule has 26 heavy (non-hydrogen) atoms. The Balaban J connectivity index is 1.98. The predicted octanol–water partition coefficient (Wildman–Crippen LogP) is 4.99. The van der Waals surface area contributed by atoms with Gasteiger partial charge in [0.2, 0.25) is 0 Å². The Morgan fingerprint density at radius 2 is 1.31 bits per heavy atom. The van der Waals surface area contributed by atoms with Gasteiger partial charge in [-0.25, -0.2) is 9.06 Å². The minimum atomic E-state index is -3.27. The molecule has 3 rings (SSSR count). The van der Waals surface area contributed by atoms with Gasteiger partial charge in [0, 0.05) is 20.2 Å². The maximum absolute atomic E-state index is 13.8. The lowest BCUT2D eigenvalue weighted by atomic mass is 10.2. The molecule has 1 unspecified atom stereocenters. The molecule has 3 aromatic carbocycles. The van der Waals surface area contributed by atoms with E-state index in [0.29, 0.717) is 18.4 Å². The van der Waals surface area contributed by atoms with Gasteiger partial charge in [-0.2, -0.15) is 0 Å². The zero-order valence-corrected chi connectivity index (χ0v) is 15.5. The first kappa shape index (κ1) is 18.5. The highest BCUT2D eigenvalue weighted by Crippen LogP contribution is 2.50. The van der Waals surface area contributed by atoms with Crippen LogP contribution in [0, 0.1) is 5.82 Å². The molecule has 0 aliphatic rings. The molecule has 5 heteroatoms. The van der Waals surface area contributed by atoms with Crippen molar-refractivity contribution in [3.05, 3.63) is 102 Å². The van der Waals surface area contributed by atoms with Crippen LogP contribution < -0.4 is 5.30 Å². The number of rotatable bonds is 7. The Morgan fingerprint density at radius 1 is 0.808 bits per heavy atom. The van der Waals surface area contributed by atoms with Gasteiger partial charge < -0.3 is 4.52 Å². The molecule has 0 spiro atoms. The van der Waals surface area contributed by atoms with E-state index >= 15 is 0 Å². The molecule has 0 heterocycles. The molecule has 0 N–H and O–H groups in total. The van der Waals surface area contributed by atoms with E-state index in [1.165, 1.54) is 19.2 Å². The van der Waals surface area contributed by atoms with Gasteiger partial charge >= 0.3 is 7.52 Å². The van der Waals surface area contributed by atoms with Gasteiger partial charge in [-0.05, 0) is 35.4 Å². The largest absolute Gasteiger partial charge is 0.317 e. The zero-order chi connectivity index (χ0) is 18.4. The Morgan fingerprint density at radius 3 is 1.85 bits per heavy atom. The van der Waals surface area contributed by atoms with Crippen molar-refractivity contribution in [1.82, 2.24) is 4.67 Å². The lowest BCUT2D eigenvalue weighted by molar-refractivity contribution is 0.306. The van der Waals surface area contributed by atoms with E-state index in [-0.39, 0.29) is 5.82 Å². The lowest BCUT2D eigenvalue weighted by Crippen LogP contribution is -2.26. The van der Waals surface area contributed by atoms with E-state index in [1.807, 2.05) is 65.3 Å². The van der Waals surface area contributed by atoms with E-state index in [9.17, 15) is 8.96 Å². The van der Waals surface area contributed by atoms with E-state index in [2.05, 4.69) is 0 Å². The second-order valence-corrected chi connectivity index (χ2v) is 8.46. The highest BCUT2D eigenvalue weighted by Gasteiger charge is 2.33. The zero-order valence-electron chi connectivity index (χ0n) is 14.6. The van der Waals surface area contributed by atoms with E-state index in [1.54, 1.807) is 12.1 Å². The van der Waals surface area contributed by atoms with Crippen LogP contribution >= 0.6 is 7.52 Å². The van der Waals surface area contributed by atoms with Crippen LogP contribution in [0.3, 0.4) is 0 Å². The van der Waals surface area contributed by atoms with Crippen LogP contribution in [0.1, 0.15) is 11.1 Å². The van der Waals surface area contributed by atoms with Gasteiger partial charge in [0.05, 0.1) is 5.30 Å². The maximum atomic E-state index is 13.8. The van der Waals surface area contributed by atoms with Gasteiger partial charge in [-0.3, -0.25) is 4.57 Å². The highest BCUT2D eigenvalue weighted by atomic mass is 31.2. The smallest absolute Gasteiger partial charge is 0.302 e. The molecular weight excluding hydrogens is 348 g/mol. The molecular formula is C21H21FNO2P. The standard InChI is InChI=1S/C21H21FNO2P/c1-25-26(24,21-10-6-3-7-11-21)23(16-18-8-4-2-5-9-18)17-19-12-14-20(22)15-13-19/h2-15H,16-17H2,1H3. The van der Waals surface area contributed by atoms with Crippen molar-refractivity contribution in [2.45, 2.75) is 13.1 Å². The average molecular weight is 369 g/mol. The van der Waals surface area contributed by atoms with Crippen molar-refractivity contribution in [2.24, 2.45) is 0 Å². The van der Waals surface area contributed by atoms with Gasteiger partial charge in [0.1, 0.15) is 5.82 Å². The van der Waals surface area contributed by atoms with Crippen LogP contribution in [0.25, 0.3) is 0 Å². The quantitative estimate of drug-likeness (QED) is 0.550. The summed E-state index contributed by atoms with van der Waals surface area (Å²) in [5, 5.41) is 0.639. The molecule has 3 nitrogen and oxygen atoms in total. The Hall–Kier alpha value is -2.26. The summed E-state index contributed by atoms with van der Waals surface area (Å²) in [5.41, 5.74) is 1.90. The predicted molar refractivity (Wildman–Crippen MR) is 103 cm³/mol. The van der Waals surface area contributed by atoms with E-state index in [4.69, 9.17) is 4.52 Å². The summed E-state index contributed by atoms with van der Waals surface area (Å²) in [5.74, 6) is -0.290. The Kier molecular flexibility index (Phi) is 6.00. The van der Waals surface area contributed by atoms with Crippen LogP contribution in [0.2, 0.25) is 0 Å². The molecule has 0 saturated heterocycles. The van der Waals surface area contributed by atoms with Crippen molar-refractivity contribution < 1.29 is 13.5 Å². The van der Waals surface area contributed by atoms with Crippen molar-refractivity contribution in [2.75, 3.05) is 7.11 Å². The van der Waals surface area contributed by atoms with Crippen LogP contribution in [0.5, 0.6) is 0 Å². The number of nitrogens with zero attached hydrogens (tertiary/aromatic N) is 1. The third kappa shape index (κ3) is 4.28. The molecule has 134 valence electrons. The molecule has 0 bridgehead atoms. The summed E-state index contributed by atoms with van der Waals surface area (Å²) >= 11 is 0. The van der Waals surface area contributed by atoms with Gasteiger partial charge in [-0.15, -0.1) is 0 Å². The monoisotopic (exact) mass is 369 g/mol. The maximum Gasteiger partial charge on any atom is 0.302 e. The first-order valence-corrected chi connectivity index (χ1v) is 9.95. The first-order valence-electron chi connectivity index (χ1n) is 8.37. The van der Waals surface area contributed by atoms with Crippen LogP contribution in [-0.4, -0.2) is 11.8 Å². The fourth-order valence-corrected chi connectivity index (χ4v) is 4.85. The summed E-state index contributed by atoms with van der Waals surface area (Å²) in [6.45, 7) is 0.841. The summed E-state index contributed by atoms with van der Waals surface area (Å²) in [4.78, 5) is 0. The van der Waals surface area contributed by atoms with Crippen LogP contribution in [0.4, 0.5) is 4.39 Å². The Labute approximate surface area is 153 Å². The molecule has 0 aliphatic heterocycles. The highest BCUT2D eigenvalue weighted by molar-refractivity contribution is 7.64. The van der Waals surface area contributed by atoms with Crippen LogP contribution in [0.15, 0.2) is 84.9 Å². The molecule has 3 aromatic rings. The second kappa shape index (κ2) is 8.41. The van der Waals surface area contributed by atoms with Crippen molar-refractivity contribution in [3.63, 3.8) is 0 Å². The fraction of sp³-hybridized carbons (Fsp3) is 0.143. The SMILES string of the molecule is COP(=O)(c1ccccc1)N(Cc1ccccc1)Cc1ccc(F)cc1. The number of hydrogen-bond donors (Lipinski definition) is 0. The van der Waals surface area contributed by atoms with Crippen LogP contribution in [-0.2, 0) is 22.2 Å². The molecule has 0 amide bonds. The molecule has 0 radical (unpaired) electrons. The van der Waals surface area contributed by atoms with Crippen molar-refractivity contribution >= 4 is 12.8 Å². The van der Waals surface area contributed by atoms with Gasteiger partial charge in [-0.1, -0.05) is 60.7 Å². The van der Waals surface area contributed by atoms with E-state index in [0.717, 1.165) is 11.1 Å². The number of benzene rings is 3. The third-order valence-electron chi connectivity index (χ3n) is 4.19. The van der Waals surface area contributed by atoms with Gasteiger partial charge in [0.25, 0.3) is 0 Å². The van der Waals surface area contributed by atoms with E-state index < -0.39 is 7.52 Å². The second-order valence-electron chi connectivity index (χ2n) is 5.97. The summed E-state index contributed by atoms with van der Waals surface area (Å²) in [6, 6.07) is 25.3. The summed E-state index contributed by atoms with van der Waals surface area (Å²) < 4.78 is 34.4. The first-order chi connectivity index (χ1) is 12.6. The number of halogens is 1. The van der Waals surface area contributed by atoms with Gasteiger partial charge in [0.15, 0.2) is 0 Å². The summed E-state index contributed by atoms with van der Waals surface area (Å²) in [7, 11) is -1.80.